The molecule has 0 aliphatic carbocycles. The maximum Gasteiger partial charge on any atom is 0.252 e. The quantitative estimate of drug-likeness (QED) is 0.526. The maximum atomic E-state index is 11.7. The summed E-state index contributed by atoms with van der Waals surface area (Å²) in [5.41, 5.74) is 8.86. The van der Waals surface area contributed by atoms with E-state index in [9.17, 15) is 13.2 Å². The number of benzene rings is 2. The Morgan fingerprint density at radius 3 is 2.34 bits per heavy atom. The third-order valence-corrected chi connectivity index (χ3v) is 5.01. The fraction of sp³-hybridized carbons (Fsp3) is 0.143. The van der Waals surface area contributed by atoms with Crippen molar-refractivity contribution >= 4 is 32.9 Å². The molecule has 1 amide bonds. The zero-order chi connectivity index (χ0) is 20.9. The first-order chi connectivity index (χ1) is 13.8. The predicted molar refractivity (Wildman–Crippen MR) is 115 cm³/mol. The van der Waals surface area contributed by atoms with Crippen molar-refractivity contribution < 1.29 is 13.2 Å². The van der Waals surface area contributed by atoms with Crippen LogP contribution in [0, 0.1) is 0 Å². The SMILES string of the molecule is CS(=O)(=O)Cc1ccc(Nc2cc(NCc3ccccc3)c(C(N)=O)cn2)cc1. The summed E-state index contributed by atoms with van der Waals surface area (Å²) in [5, 5.41) is 6.37. The standard InChI is InChI=1S/C21H22N4O3S/c1-29(27,28)14-16-7-9-17(10-8-16)25-20-11-19(18(13-24-20)21(22)26)23-12-15-5-3-2-4-6-15/h2-11,13H,12,14H2,1H3,(H2,22,26)(H2,23,24,25). The van der Waals surface area contributed by atoms with Crippen LogP contribution in [-0.2, 0) is 22.1 Å². The Kier molecular flexibility index (Phi) is 6.13. The van der Waals surface area contributed by atoms with E-state index < -0.39 is 15.7 Å². The van der Waals surface area contributed by atoms with Gasteiger partial charge in [0.15, 0.2) is 9.84 Å². The van der Waals surface area contributed by atoms with Crippen molar-refractivity contribution in [2.45, 2.75) is 12.3 Å². The number of aromatic nitrogens is 1. The van der Waals surface area contributed by atoms with E-state index in [-0.39, 0.29) is 5.75 Å². The summed E-state index contributed by atoms with van der Waals surface area (Å²) in [7, 11) is -3.08. The fourth-order valence-electron chi connectivity index (χ4n) is 2.79. The molecule has 0 atom stereocenters. The third kappa shape index (κ3) is 6.05. The summed E-state index contributed by atoms with van der Waals surface area (Å²) in [6.45, 7) is 0.533. The molecular formula is C21H22N4O3S. The number of anilines is 3. The first-order valence-electron chi connectivity index (χ1n) is 8.91. The van der Waals surface area contributed by atoms with Crippen LogP contribution in [0.4, 0.5) is 17.2 Å². The first kappa shape index (κ1) is 20.3. The van der Waals surface area contributed by atoms with Crippen LogP contribution < -0.4 is 16.4 Å². The smallest absolute Gasteiger partial charge is 0.252 e. The topological polar surface area (TPSA) is 114 Å². The molecule has 0 unspecified atom stereocenters. The van der Waals surface area contributed by atoms with Gasteiger partial charge < -0.3 is 16.4 Å². The molecule has 29 heavy (non-hydrogen) atoms. The average molecular weight is 410 g/mol. The number of amides is 1. The Labute approximate surface area is 169 Å². The highest BCUT2D eigenvalue weighted by molar-refractivity contribution is 7.89. The number of rotatable bonds is 8. The van der Waals surface area contributed by atoms with Crippen LogP contribution in [0.25, 0.3) is 0 Å². The second-order valence-corrected chi connectivity index (χ2v) is 8.85. The summed E-state index contributed by atoms with van der Waals surface area (Å²) in [4.78, 5) is 16.0. The molecular weight excluding hydrogens is 388 g/mol. The van der Waals surface area contributed by atoms with Crippen LogP contribution in [0.5, 0.6) is 0 Å². The van der Waals surface area contributed by atoms with Gasteiger partial charge in [0.2, 0.25) is 0 Å². The number of nitrogens with zero attached hydrogens (tertiary/aromatic N) is 1. The Morgan fingerprint density at radius 2 is 1.72 bits per heavy atom. The van der Waals surface area contributed by atoms with Gasteiger partial charge in [-0.15, -0.1) is 0 Å². The molecule has 7 nitrogen and oxygen atoms in total. The Morgan fingerprint density at radius 1 is 1.03 bits per heavy atom. The lowest BCUT2D eigenvalue weighted by Crippen LogP contribution is -2.15. The highest BCUT2D eigenvalue weighted by Crippen LogP contribution is 2.22. The minimum Gasteiger partial charge on any atom is -0.380 e. The summed E-state index contributed by atoms with van der Waals surface area (Å²) in [5.74, 6) is -0.0435. The first-order valence-corrected chi connectivity index (χ1v) is 11.0. The lowest BCUT2D eigenvalue weighted by molar-refractivity contribution is 0.100. The van der Waals surface area contributed by atoms with Gasteiger partial charge in [-0.25, -0.2) is 13.4 Å². The van der Waals surface area contributed by atoms with Gasteiger partial charge in [-0.2, -0.15) is 0 Å². The molecule has 0 saturated carbocycles. The highest BCUT2D eigenvalue weighted by Gasteiger charge is 2.11. The minimum atomic E-state index is -3.08. The molecule has 0 fully saturated rings. The number of hydrogen-bond donors (Lipinski definition) is 3. The van der Waals surface area contributed by atoms with Crippen molar-refractivity contribution in [3.63, 3.8) is 0 Å². The largest absolute Gasteiger partial charge is 0.380 e. The molecule has 0 radical (unpaired) electrons. The van der Waals surface area contributed by atoms with Crippen LogP contribution in [0.3, 0.4) is 0 Å². The van der Waals surface area contributed by atoms with E-state index in [4.69, 9.17) is 5.73 Å². The summed E-state index contributed by atoms with van der Waals surface area (Å²) >= 11 is 0. The number of nitrogens with two attached hydrogens (primary N) is 1. The Balaban J connectivity index is 1.76. The molecule has 0 aliphatic rings. The van der Waals surface area contributed by atoms with Gasteiger partial charge in [0.05, 0.1) is 17.0 Å². The molecule has 8 heteroatoms. The van der Waals surface area contributed by atoms with Gasteiger partial charge >= 0.3 is 0 Å². The van der Waals surface area contributed by atoms with Crippen LogP contribution in [0.2, 0.25) is 0 Å². The van der Waals surface area contributed by atoms with Crippen LogP contribution in [0.15, 0.2) is 66.9 Å². The number of hydrogen-bond acceptors (Lipinski definition) is 6. The van der Waals surface area contributed by atoms with Crippen LogP contribution >= 0.6 is 0 Å². The lowest BCUT2D eigenvalue weighted by Gasteiger charge is -2.13. The Hall–Kier alpha value is -3.39. The van der Waals surface area contributed by atoms with Gasteiger partial charge in [0.1, 0.15) is 5.82 Å². The Bertz CT molecular complexity index is 1100. The predicted octanol–water partition coefficient (Wildman–Crippen LogP) is 3.08. The number of sulfone groups is 1. The van der Waals surface area contributed by atoms with E-state index in [1.807, 2.05) is 30.3 Å². The average Bonchev–Trinajstić information content (AvgIpc) is 2.67. The van der Waals surface area contributed by atoms with E-state index in [0.29, 0.717) is 29.2 Å². The number of primary amides is 1. The molecule has 0 bridgehead atoms. The maximum absolute atomic E-state index is 11.7. The molecule has 3 rings (SSSR count). The second kappa shape index (κ2) is 8.74. The normalized spacial score (nSPS) is 11.1. The van der Waals surface area contributed by atoms with E-state index in [2.05, 4.69) is 15.6 Å². The van der Waals surface area contributed by atoms with Crippen molar-refractivity contribution in [2.75, 3.05) is 16.9 Å². The van der Waals surface area contributed by atoms with E-state index in [1.54, 1.807) is 30.3 Å². The number of nitrogens with one attached hydrogen (secondary N) is 2. The van der Waals surface area contributed by atoms with Gasteiger partial charge in [0, 0.05) is 30.8 Å². The minimum absolute atomic E-state index is 0.00755. The van der Waals surface area contributed by atoms with E-state index >= 15 is 0 Å². The molecule has 150 valence electrons. The number of carbonyl (C=O) groups excluding carboxylic acids is 1. The van der Waals surface area contributed by atoms with Crippen LogP contribution in [-0.4, -0.2) is 25.6 Å². The van der Waals surface area contributed by atoms with Crippen molar-refractivity contribution in [2.24, 2.45) is 5.73 Å². The molecule has 0 saturated heterocycles. The van der Waals surface area contributed by atoms with E-state index in [1.165, 1.54) is 12.5 Å². The van der Waals surface area contributed by atoms with Crippen LogP contribution in [0.1, 0.15) is 21.5 Å². The monoisotopic (exact) mass is 410 g/mol. The molecule has 3 aromatic rings. The highest BCUT2D eigenvalue weighted by atomic mass is 32.2. The van der Waals surface area contributed by atoms with Crippen molar-refractivity contribution in [1.29, 1.82) is 0 Å². The molecule has 4 N–H and O–H groups in total. The van der Waals surface area contributed by atoms with Crippen molar-refractivity contribution in [3.8, 4) is 0 Å². The molecule has 1 heterocycles. The fourth-order valence-corrected chi connectivity index (χ4v) is 3.59. The third-order valence-electron chi connectivity index (χ3n) is 4.15. The zero-order valence-electron chi connectivity index (χ0n) is 15.9. The zero-order valence-corrected chi connectivity index (χ0v) is 16.7. The van der Waals surface area contributed by atoms with Gasteiger partial charge in [-0.1, -0.05) is 42.5 Å². The molecule has 0 aliphatic heterocycles. The van der Waals surface area contributed by atoms with Gasteiger partial charge in [-0.3, -0.25) is 4.79 Å². The van der Waals surface area contributed by atoms with Crippen molar-refractivity contribution in [1.82, 2.24) is 4.98 Å². The summed E-state index contributed by atoms with van der Waals surface area (Å²) < 4.78 is 22.8. The van der Waals surface area contributed by atoms with E-state index in [0.717, 1.165) is 11.3 Å². The van der Waals surface area contributed by atoms with Crippen molar-refractivity contribution in [3.05, 3.63) is 83.6 Å². The molecule has 0 spiro atoms. The van der Waals surface area contributed by atoms with Gasteiger partial charge in [-0.05, 0) is 23.3 Å². The number of pyridine rings is 1. The van der Waals surface area contributed by atoms with Gasteiger partial charge in [0.25, 0.3) is 5.91 Å². The number of carbonyl (C=O) groups is 1. The second-order valence-electron chi connectivity index (χ2n) is 6.71. The molecule has 1 aromatic heterocycles. The lowest BCUT2D eigenvalue weighted by atomic mass is 10.2. The summed E-state index contributed by atoms with van der Waals surface area (Å²) in [6.07, 6.45) is 2.63. The summed E-state index contributed by atoms with van der Waals surface area (Å²) in [6, 6.07) is 18.6. The molecule has 2 aromatic carbocycles.